The molecule has 1 saturated heterocycles. The van der Waals surface area contributed by atoms with Gasteiger partial charge in [0.2, 0.25) is 5.91 Å². The first-order valence-corrected chi connectivity index (χ1v) is 9.94. The zero-order valence-electron chi connectivity index (χ0n) is 15.0. The summed E-state index contributed by atoms with van der Waals surface area (Å²) in [7, 11) is 0. The van der Waals surface area contributed by atoms with E-state index < -0.39 is 0 Å². The number of carbonyl (C=O) groups excluding carboxylic acids is 1. The topological polar surface area (TPSA) is 32.3 Å². The van der Waals surface area contributed by atoms with Gasteiger partial charge in [0.15, 0.2) is 0 Å². The number of amides is 1. The van der Waals surface area contributed by atoms with Crippen LogP contribution in [0, 0.1) is 17.2 Å². The number of benzene rings is 1. The van der Waals surface area contributed by atoms with E-state index >= 15 is 0 Å². The average Bonchev–Trinajstić information content (AvgIpc) is 3.06. The van der Waals surface area contributed by atoms with Gasteiger partial charge in [-0.15, -0.1) is 0 Å². The minimum absolute atomic E-state index is 0.196. The van der Waals surface area contributed by atoms with Crippen molar-refractivity contribution in [3.05, 3.63) is 35.6 Å². The summed E-state index contributed by atoms with van der Waals surface area (Å²) in [6, 6.07) is 7.15. The number of halogens is 1. The van der Waals surface area contributed by atoms with Gasteiger partial charge in [-0.05, 0) is 74.7 Å². The smallest absolute Gasteiger partial charge is 0.226 e. The predicted octanol–water partition coefficient (Wildman–Crippen LogP) is 3.53. The molecule has 1 heterocycles. The zero-order valence-corrected chi connectivity index (χ0v) is 15.0. The fourth-order valence-corrected chi connectivity index (χ4v) is 4.96. The Kier molecular flexibility index (Phi) is 4.81. The molecule has 25 heavy (non-hydrogen) atoms. The molecule has 0 aromatic heterocycles. The van der Waals surface area contributed by atoms with Crippen LogP contribution >= 0.6 is 0 Å². The maximum Gasteiger partial charge on any atom is 0.226 e. The molecule has 136 valence electrons. The Labute approximate surface area is 150 Å². The molecule has 4 rings (SSSR count). The summed E-state index contributed by atoms with van der Waals surface area (Å²) in [5, 5.41) is 3.42. The number of hydrogen-bond acceptors (Lipinski definition) is 2. The van der Waals surface area contributed by atoms with Crippen LogP contribution in [0.15, 0.2) is 24.3 Å². The molecule has 3 fully saturated rings. The highest BCUT2D eigenvalue weighted by molar-refractivity contribution is 5.83. The van der Waals surface area contributed by atoms with Crippen molar-refractivity contribution in [1.29, 1.82) is 0 Å². The molecule has 0 bridgehead atoms. The molecule has 1 spiro atoms. The van der Waals surface area contributed by atoms with Crippen molar-refractivity contribution in [1.82, 2.24) is 10.2 Å². The highest BCUT2D eigenvalue weighted by Crippen LogP contribution is 2.59. The minimum Gasteiger partial charge on any atom is -0.339 e. The second-order valence-electron chi connectivity index (χ2n) is 8.22. The monoisotopic (exact) mass is 344 g/mol. The van der Waals surface area contributed by atoms with Crippen LogP contribution in [0.1, 0.15) is 50.5 Å². The largest absolute Gasteiger partial charge is 0.339 e. The molecule has 2 aliphatic carbocycles. The summed E-state index contributed by atoms with van der Waals surface area (Å²) < 4.78 is 13.1. The van der Waals surface area contributed by atoms with Gasteiger partial charge in [0.1, 0.15) is 5.82 Å². The lowest BCUT2D eigenvalue weighted by atomic mass is 9.91. The van der Waals surface area contributed by atoms with Gasteiger partial charge in [0, 0.05) is 18.5 Å². The van der Waals surface area contributed by atoms with E-state index in [2.05, 4.69) is 10.2 Å². The van der Waals surface area contributed by atoms with Crippen molar-refractivity contribution in [2.75, 3.05) is 19.6 Å². The maximum atomic E-state index is 13.3. The Morgan fingerprint density at radius 1 is 1.16 bits per heavy atom. The van der Waals surface area contributed by atoms with Crippen LogP contribution < -0.4 is 5.32 Å². The first-order chi connectivity index (χ1) is 12.2. The third-order valence-electron chi connectivity index (χ3n) is 6.69. The quantitative estimate of drug-likeness (QED) is 0.886. The summed E-state index contributed by atoms with van der Waals surface area (Å²) >= 11 is 0. The van der Waals surface area contributed by atoms with Crippen molar-refractivity contribution in [3.8, 4) is 0 Å². The van der Waals surface area contributed by atoms with Crippen LogP contribution in [-0.4, -0.2) is 36.5 Å². The van der Waals surface area contributed by atoms with E-state index in [0.29, 0.717) is 17.4 Å². The van der Waals surface area contributed by atoms with Crippen LogP contribution in [0.2, 0.25) is 0 Å². The number of piperidine rings is 1. The molecular weight excluding hydrogens is 315 g/mol. The Balaban J connectivity index is 1.42. The Hall–Kier alpha value is -1.42. The van der Waals surface area contributed by atoms with Gasteiger partial charge in [-0.2, -0.15) is 0 Å². The minimum atomic E-state index is -0.196. The van der Waals surface area contributed by atoms with Gasteiger partial charge in [0.25, 0.3) is 0 Å². The molecule has 1 aliphatic heterocycles. The molecule has 1 aromatic carbocycles. The van der Waals surface area contributed by atoms with Crippen molar-refractivity contribution in [2.45, 2.75) is 57.4 Å². The normalized spacial score (nSPS) is 25.2. The molecule has 1 aromatic rings. The predicted molar refractivity (Wildman–Crippen MR) is 96.7 cm³/mol. The lowest BCUT2D eigenvalue weighted by molar-refractivity contribution is -0.135. The lowest BCUT2D eigenvalue weighted by Crippen LogP contribution is -2.43. The second-order valence-corrected chi connectivity index (χ2v) is 8.22. The first-order valence-electron chi connectivity index (χ1n) is 9.94. The van der Waals surface area contributed by atoms with E-state index in [-0.39, 0.29) is 11.7 Å². The number of nitrogens with zero attached hydrogens (tertiary/aromatic N) is 1. The molecule has 1 atom stereocenters. The maximum absolute atomic E-state index is 13.3. The molecule has 1 unspecified atom stereocenters. The zero-order chi connectivity index (χ0) is 17.3. The van der Waals surface area contributed by atoms with Crippen molar-refractivity contribution < 1.29 is 9.18 Å². The Morgan fingerprint density at radius 3 is 2.52 bits per heavy atom. The number of nitrogens with one attached hydrogen (secondary N) is 1. The molecular formula is C21H29FN2O. The number of hydrogen-bond donors (Lipinski definition) is 1. The van der Waals surface area contributed by atoms with Crippen LogP contribution in [0.4, 0.5) is 4.39 Å². The van der Waals surface area contributed by atoms with E-state index in [1.54, 1.807) is 0 Å². The molecule has 2 saturated carbocycles. The summed E-state index contributed by atoms with van der Waals surface area (Å²) in [5.41, 5.74) is 1.42. The summed E-state index contributed by atoms with van der Waals surface area (Å²) in [4.78, 5) is 15.5. The molecule has 4 heteroatoms. The molecule has 0 radical (unpaired) electrons. The standard InChI is InChI=1S/C21H29FN2O/c22-17-7-5-16(6-8-17)9-14-24(18-3-1-2-4-18)20(25)19-15-21(19)10-12-23-13-11-21/h5-8,18-19,23H,1-4,9-15H2. The average molecular weight is 344 g/mol. The van der Waals surface area contributed by atoms with E-state index in [1.165, 1.54) is 25.0 Å². The first kappa shape index (κ1) is 17.0. The fraction of sp³-hybridized carbons (Fsp3) is 0.667. The summed E-state index contributed by atoms with van der Waals surface area (Å²) in [6.07, 6.45) is 9.00. The van der Waals surface area contributed by atoms with Crippen molar-refractivity contribution in [3.63, 3.8) is 0 Å². The van der Waals surface area contributed by atoms with Crippen LogP contribution in [0.25, 0.3) is 0 Å². The van der Waals surface area contributed by atoms with Gasteiger partial charge < -0.3 is 10.2 Å². The van der Waals surface area contributed by atoms with E-state index in [4.69, 9.17) is 0 Å². The fourth-order valence-electron chi connectivity index (χ4n) is 4.96. The van der Waals surface area contributed by atoms with Crippen LogP contribution in [0.3, 0.4) is 0 Å². The van der Waals surface area contributed by atoms with Crippen LogP contribution in [0.5, 0.6) is 0 Å². The van der Waals surface area contributed by atoms with Gasteiger partial charge in [-0.3, -0.25) is 4.79 Å². The second kappa shape index (κ2) is 7.06. The molecule has 3 aliphatic rings. The summed E-state index contributed by atoms with van der Waals surface area (Å²) in [6.45, 7) is 2.89. The van der Waals surface area contributed by atoms with E-state index in [1.807, 2.05) is 12.1 Å². The van der Waals surface area contributed by atoms with Gasteiger partial charge >= 0.3 is 0 Å². The van der Waals surface area contributed by atoms with E-state index in [9.17, 15) is 9.18 Å². The Morgan fingerprint density at radius 2 is 1.84 bits per heavy atom. The van der Waals surface area contributed by atoms with Gasteiger partial charge in [0.05, 0.1) is 0 Å². The third-order valence-corrected chi connectivity index (χ3v) is 6.69. The van der Waals surface area contributed by atoms with Gasteiger partial charge in [-0.25, -0.2) is 4.39 Å². The molecule has 1 amide bonds. The molecule has 1 N–H and O–H groups in total. The van der Waals surface area contributed by atoms with Crippen LogP contribution in [-0.2, 0) is 11.2 Å². The Bertz CT molecular complexity index is 603. The number of carbonyl (C=O) groups is 1. The van der Waals surface area contributed by atoms with Crippen molar-refractivity contribution in [2.24, 2.45) is 11.3 Å². The molecule has 3 nitrogen and oxygen atoms in total. The lowest BCUT2D eigenvalue weighted by Gasteiger charge is -2.31. The summed E-state index contributed by atoms with van der Waals surface area (Å²) in [5.74, 6) is 0.456. The van der Waals surface area contributed by atoms with Gasteiger partial charge in [-0.1, -0.05) is 25.0 Å². The highest BCUT2D eigenvalue weighted by atomic mass is 19.1. The highest BCUT2D eigenvalue weighted by Gasteiger charge is 2.58. The van der Waals surface area contributed by atoms with E-state index in [0.717, 1.165) is 63.7 Å². The third kappa shape index (κ3) is 3.59. The van der Waals surface area contributed by atoms with Crippen molar-refractivity contribution >= 4 is 5.91 Å². The number of rotatable bonds is 5. The SMILES string of the molecule is O=C(C1CC12CCNCC2)N(CCc1ccc(F)cc1)C1CCCC1.